The van der Waals surface area contributed by atoms with Gasteiger partial charge in [0.1, 0.15) is 5.83 Å². The van der Waals surface area contributed by atoms with Crippen LogP contribution in [0.2, 0.25) is 0 Å². The molecule has 0 unspecified atom stereocenters. The van der Waals surface area contributed by atoms with Crippen LogP contribution in [0.15, 0.2) is 64.2 Å². The van der Waals surface area contributed by atoms with Crippen molar-refractivity contribution in [3.05, 3.63) is 60.1 Å². The summed E-state index contributed by atoms with van der Waals surface area (Å²) in [5, 5.41) is -0.0192. The van der Waals surface area contributed by atoms with E-state index >= 15 is 0 Å². The molecule has 0 aliphatic heterocycles. The SMILES string of the molecule is Cc1c(-c2cccc(S(=O)(=O)N(C)C)c2)c2cc(S(=O)(=O)C(C)C)ccc2n1CC(F)=CCN. The second-order valence-electron chi connectivity index (χ2n) is 8.52. The van der Waals surface area contributed by atoms with Crippen molar-refractivity contribution in [2.45, 2.75) is 42.4 Å². The fraction of sp³-hybridized carbons (Fsp3) is 0.333. The Morgan fingerprint density at radius 1 is 1.09 bits per heavy atom. The Morgan fingerprint density at radius 2 is 1.76 bits per heavy atom. The van der Waals surface area contributed by atoms with Gasteiger partial charge in [0.2, 0.25) is 10.0 Å². The zero-order chi connectivity index (χ0) is 25.4. The van der Waals surface area contributed by atoms with Crippen LogP contribution in [-0.4, -0.2) is 51.6 Å². The summed E-state index contributed by atoms with van der Waals surface area (Å²) in [5.74, 6) is -0.420. The van der Waals surface area contributed by atoms with E-state index in [1.165, 1.54) is 32.3 Å². The molecular formula is C24H30FN3O4S2. The minimum absolute atomic E-state index is 0.0537. The maximum absolute atomic E-state index is 14.5. The number of nitrogens with two attached hydrogens (primary N) is 1. The van der Waals surface area contributed by atoms with Crippen LogP contribution in [-0.2, 0) is 26.4 Å². The molecule has 184 valence electrons. The Hall–Kier alpha value is -2.53. The molecule has 0 aliphatic rings. The molecule has 0 aliphatic carbocycles. The lowest BCUT2D eigenvalue weighted by atomic mass is 10.0. The van der Waals surface area contributed by atoms with Crippen LogP contribution < -0.4 is 5.73 Å². The van der Waals surface area contributed by atoms with Gasteiger partial charge in [-0.3, -0.25) is 0 Å². The number of hydrogen-bond acceptors (Lipinski definition) is 5. The van der Waals surface area contributed by atoms with E-state index in [-0.39, 0.29) is 22.9 Å². The highest BCUT2D eigenvalue weighted by Gasteiger charge is 2.24. The topological polar surface area (TPSA) is 102 Å². The molecular weight excluding hydrogens is 477 g/mol. The smallest absolute Gasteiger partial charge is 0.242 e. The fourth-order valence-corrected chi connectivity index (χ4v) is 5.88. The largest absolute Gasteiger partial charge is 0.337 e. The van der Waals surface area contributed by atoms with Crippen molar-refractivity contribution in [2.24, 2.45) is 5.73 Å². The van der Waals surface area contributed by atoms with Gasteiger partial charge < -0.3 is 10.3 Å². The first-order valence-electron chi connectivity index (χ1n) is 10.8. The monoisotopic (exact) mass is 507 g/mol. The maximum Gasteiger partial charge on any atom is 0.242 e. The van der Waals surface area contributed by atoms with Crippen molar-refractivity contribution in [1.29, 1.82) is 0 Å². The summed E-state index contributed by atoms with van der Waals surface area (Å²) >= 11 is 0. The van der Waals surface area contributed by atoms with Gasteiger partial charge >= 0.3 is 0 Å². The third kappa shape index (κ3) is 4.68. The Morgan fingerprint density at radius 3 is 2.35 bits per heavy atom. The number of nitrogens with zero attached hydrogens (tertiary/aromatic N) is 2. The molecule has 0 saturated heterocycles. The van der Waals surface area contributed by atoms with Gasteiger partial charge in [-0.2, -0.15) is 0 Å². The van der Waals surface area contributed by atoms with Crippen LogP contribution in [0.3, 0.4) is 0 Å². The van der Waals surface area contributed by atoms with Crippen LogP contribution in [0.5, 0.6) is 0 Å². The molecule has 0 spiro atoms. The number of allylic oxidation sites excluding steroid dienone is 1. The minimum atomic E-state index is -3.69. The van der Waals surface area contributed by atoms with E-state index in [0.717, 1.165) is 4.31 Å². The van der Waals surface area contributed by atoms with Crippen molar-refractivity contribution in [2.75, 3.05) is 20.6 Å². The normalized spacial score (nSPS) is 13.4. The molecule has 3 aromatic rings. The predicted molar refractivity (Wildman–Crippen MR) is 134 cm³/mol. The van der Waals surface area contributed by atoms with E-state index in [1.54, 1.807) is 55.7 Å². The lowest BCUT2D eigenvalue weighted by molar-refractivity contribution is 0.521. The van der Waals surface area contributed by atoms with Gasteiger partial charge in [0.15, 0.2) is 9.84 Å². The average molecular weight is 508 g/mol. The molecule has 0 fully saturated rings. The molecule has 0 saturated carbocycles. The first-order valence-corrected chi connectivity index (χ1v) is 13.7. The molecule has 2 aromatic carbocycles. The highest BCUT2D eigenvalue weighted by Crippen LogP contribution is 2.38. The number of aromatic nitrogens is 1. The molecule has 2 N–H and O–H groups in total. The van der Waals surface area contributed by atoms with Gasteiger partial charge in [0.25, 0.3) is 0 Å². The highest BCUT2D eigenvalue weighted by molar-refractivity contribution is 7.92. The molecule has 1 aromatic heterocycles. The lowest BCUT2D eigenvalue weighted by Gasteiger charge is -2.13. The van der Waals surface area contributed by atoms with Gasteiger partial charge in [-0.25, -0.2) is 25.5 Å². The molecule has 0 amide bonds. The predicted octanol–water partition coefficient (Wildman–Crippen LogP) is 3.86. The van der Waals surface area contributed by atoms with E-state index in [1.807, 2.05) is 0 Å². The summed E-state index contributed by atoms with van der Waals surface area (Å²) in [6, 6.07) is 11.2. The zero-order valence-corrected chi connectivity index (χ0v) is 21.5. The lowest BCUT2D eigenvalue weighted by Crippen LogP contribution is -2.22. The number of sulfonamides is 1. The molecule has 10 heteroatoms. The third-order valence-corrected chi connectivity index (χ3v) is 9.76. The first kappa shape index (κ1) is 26.1. The van der Waals surface area contributed by atoms with Crippen molar-refractivity contribution in [3.63, 3.8) is 0 Å². The maximum atomic E-state index is 14.5. The molecule has 1 heterocycles. The van der Waals surface area contributed by atoms with E-state index in [9.17, 15) is 21.2 Å². The molecule has 34 heavy (non-hydrogen) atoms. The van der Waals surface area contributed by atoms with Crippen LogP contribution in [0.25, 0.3) is 22.0 Å². The Bertz CT molecular complexity index is 1470. The average Bonchev–Trinajstić information content (AvgIpc) is 3.04. The number of fused-ring (bicyclic) bond motifs is 1. The summed E-state index contributed by atoms with van der Waals surface area (Å²) in [6.07, 6.45) is 1.28. The number of halogens is 1. The van der Waals surface area contributed by atoms with Crippen molar-refractivity contribution >= 4 is 30.8 Å². The summed E-state index contributed by atoms with van der Waals surface area (Å²) in [7, 11) is -4.34. The number of hydrogen-bond donors (Lipinski definition) is 1. The Labute approximate surface area is 200 Å². The summed E-state index contributed by atoms with van der Waals surface area (Å²) in [6.45, 7) is 5.00. The fourth-order valence-electron chi connectivity index (χ4n) is 3.84. The molecule has 7 nitrogen and oxygen atoms in total. The van der Waals surface area contributed by atoms with Crippen LogP contribution in [0.4, 0.5) is 4.39 Å². The van der Waals surface area contributed by atoms with Crippen molar-refractivity contribution in [1.82, 2.24) is 8.87 Å². The zero-order valence-electron chi connectivity index (χ0n) is 19.9. The Kier molecular flexibility index (Phi) is 7.37. The second-order valence-corrected chi connectivity index (χ2v) is 13.2. The summed E-state index contributed by atoms with van der Waals surface area (Å²) < 4.78 is 68.5. The van der Waals surface area contributed by atoms with Crippen LogP contribution >= 0.6 is 0 Å². The first-order chi connectivity index (χ1) is 15.8. The minimum Gasteiger partial charge on any atom is -0.337 e. The van der Waals surface area contributed by atoms with Crippen molar-refractivity contribution in [3.8, 4) is 11.1 Å². The van der Waals surface area contributed by atoms with Crippen LogP contribution in [0.1, 0.15) is 19.5 Å². The van der Waals surface area contributed by atoms with Gasteiger partial charge in [-0.1, -0.05) is 12.1 Å². The van der Waals surface area contributed by atoms with E-state index < -0.39 is 30.9 Å². The number of benzene rings is 2. The quantitative estimate of drug-likeness (QED) is 0.499. The molecule has 3 rings (SSSR count). The highest BCUT2D eigenvalue weighted by atomic mass is 32.2. The van der Waals surface area contributed by atoms with Gasteiger partial charge in [-0.15, -0.1) is 0 Å². The Balaban J connectivity index is 2.37. The summed E-state index contributed by atoms with van der Waals surface area (Å²) in [5.41, 5.74) is 8.00. The van der Waals surface area contributed by atoms with Gasteiger partial charge in [0.05, 0.1) is 21.6 Å². The van der Waals surface area contributed by atoms with E-state index in [0.29, 0.717) is 27.7 Å². The molecule has 0 atom stereocenters. The third-order valence-electron chi connectivity index (χ3n) is 5.79. The van der Waals surface area contributed by atoms with Crippen LogP contribution in [0, 0.1) is 6.92 Å². The standard InChI is InChI=1S/C24H30FN3O4S2/c1-16(2)33(29,30)20-9-10-23-22(14-20)24(17(3)28(23)15-19(25)11-12-26)18-7-6-8-21(13-18)34(31,32)27(4)5/h6-11,13-14,16H,12,15,26H2,1-5H3. The number of sulfone groups is 1. The van der Waals surface area contributed by atoms with Crippen molar-refractivity contribution < 1.29 is 21.2 Å². The molecule has 0 bridgehead atoms. The van der Waals surface area contributed by atoms with E-state index in [4.69, 9.17) is 5.73 Å². The number of rotatable bonds is 8. The molecule has 0 radical (unpaired) electrons. The second kappa shape index (κ2) is 9.61. The van der Waals surface area contributed by atoms with Gasteiger partial charge in [-0.05, 0) is 62.7 Å². The summed E-state index contributed by atoms with van der Waals surface area (Å²) in [4.78, 5) is 0.263. The van der Waals surface area contributed by atoms with Gasteiger partial charge in [0, 0.05) is 42.8 Å². The van der Waals surface area contributed by atoms with E-state index in [2.05, 4.69) is 0 Å².